The Morgan fingerprint density at radius 3 is 2.00 bits per heavy atom. The minimum absolute atomic E-state index is 0.167. The summed E-state index contributed by atoms with van der Waals surface area (Å²) in [5.74, 6) is 1.37. The topological polar surface area (TPSA) is 52.6 Å². The molecular weight excluding hydrogens is 208 g/mol. The van der Waals surface area contributed by atoms with E-state index in [-0.39, 0.29) is 5.78 Å². The van der Waals surface area contributed by atoms with E-state index in [4.69, 9.17) is 9.47 Å². The summed E-state index contributed by atoms with van der Waals surface area (Å²) in [6.07, 6.45) is 0.766. The highest BCUT2D eigenvalue weighted by molar-refractivity contribution is 5.76. The van der Waals surface area contributed by atoms with E-state index in [9.17, 15) is 9.59 Å². The number of hydrogen-bond donors (Lipinski definition) is 0. The van der Waals surface area contributed by atoms with Crippen LogP contribution >= 0.6 is 0 Å². The SMILES string of the molecule is CC(C)=O.COc1ccc(C=O)cc1OC. The Morgan fingerprint density at radius 2 is 1.62 bits per heavy atom. The summed E-state index contributed by atoms with van der Waals surface area (Å²) >= 11 is 0. The lowest BCUT2D eigenvalue weighted by Gasteiger charge is -2.06. The van der Waals surface area contributed by atoms with Gasteiger partial charge in [0.25, 0.3) is 0 Å². The third-order valence-corrected chi connectivity index (χ3v) is 1.54. The van der Waals surface area contributed by atoms with Crippen LogP contribution in [0.3, 0.4) is 0 Å². The lowest BCUT2D eigenvalue weighted by molar-refractivity contribution is -0.114. The fourth-order valence-electron chi connectivity index (χ4n) is 0.926. The molecule has 0 N–H and O–H groups in total. The highest BCUT2D eigenvalue weighted by Gasteiger charge is 2.02. The van der Waals surface area contributed by atoms with Crippen molar-refractivity contribution < 1.29 is 19.1 Å². The number of carbonyl (C=O) groups is 2. The summed E-state index contributed by atoms with van der Waals surface area (Å²) in [7, 11) is 3.09. The van der Waals surface area contributed by atoms with Crippen molar-refractivity contribution >= 4 is 12.1 Å². The molecule has 88 valence electrons. The van der Waals surface area contributed by atoms with E-state index in [1.165, 1.54) is 21.0 Å². The largest absolute Gasteiger partial charge is 0.493 e. The normalized spacial score (nSPS) is 8.50. The van der Waals surface area contributed by atoms with Crippen molar-refractivity contribution in [1.82, 2.24) is 0 Å². The van der Waals surface area contributed by atoms with Gasteiger partial charge in [-0.15, -0.1) is 0 Å². The van der Waals surface area contributed by atoms with Crippen molar-refractivity contribution in [2.45, 2.75) is 13.8 Å². The highest BCUT2D eigenvalue weighted by atomic mass is 16.5. The molecular formula is C12H16O4. The van der Waals surface area contributed by atoms with Crippen LogP contribution in [-0.2, 0) is 4.79 Å². The lowest BCUT2D eigenvalue weighted by Crippen LogP contribution is -1.91. The van der Waals surface area contributed by atoms with Crippen molar-refractivity contribution in [2.24, 2.45) is 0 Å². The summed E-state index contributed by atoms with van der Waals surface area (Å²) in [5, 5.41) is 0. The molecule has 0 aliphatic heterocycles. The first kappa shape index (κ1) is 14.2. The number of benzene rings is 1. The van der Waals surface area contributed by atoms with Gasteiger partial charge in [-0.1, -0.05) is 0 Å². The molecule has 0 unspecified atom stereocenters. The van der Waals surface area contributed by atoms with Crippen LogP contribution in [0.25, 0.3) is 0 Å². The quantitative estimate of drug-likeness (QED) is 0.738. The second-order valence-electron chi connectivity index (χ2n) is 3.14. The Balaban J connectivity index is 0.000000487. The molecule has 0 aliphatic rings. The monoisotopic (exact) mass is 224 g/mol. The van der Waals surface area contributed by atoms with Crippen molar-refractivity contribution in [3.63, 3.8) is 0 Å². The average Bonchev–Trinajstić information content (AvgIpc) is 2.27. The second kappa shape index (κ2) is 7.45. The number of methoxy groups -OCH3 is 2. The zero-order valence-corrected chi connectivity index (χ0v) is 9.94. The zero-order chi connectivity index (χ0) is 12.6. The number of ether oxygens (including phenoxy) is 2. The number of rotatable bonds is 3. The number of ketones is 1. The van der Waals surface area contributed by atoms with Crippen LogP contribution in [0.15, 0.2) is 18.2 Å². The molecule has 16 heavy (non-hydrogen) atoms. The van der Waals surface area contributed by atoms with Gasteiger partial charge in [0.05, 0.1) is 14.2 Å². The van der Waals surface area contributed by atoms with E-state index >= 15 is 0 Å². The van der Waals surface area contributed by atoms with Crippen molar-refractivity contribution in [3.8, 4) is 11.5 Å². The molecule has 1 aromatic carbocycles. The average molecular weight is 224 g/mol. The van der Waals surface area contributed by atoms with Crippen LogP contribution in [-0.4, -0.2) is 26.3 Å². The molecule has 0 saturated heterocycles. The Labute approximate surface area is 95.2 Å². The predicted molar refractivity (Wildman–Crippen MR) is 61.3 cm³/mol. The minimum atomic E-state index is 0.167. The smallest absolute Gasteiger partial charge is 0.161 e. The molecule has 0 aromatic heterocycles. The summed E-state index contributed by atoms with van der Waals surface area (Å²) in [6, 6.07) is 5.00. The maximum Gasteiger partial charge on any atom is 0.161 e. The number of carbonyl (C=O) groups excluding carboxylic acids is 2. The second-order valence-corrected chi connectivity index (χ2v) is 3.14. The lowest BCUT2D eigenvalue weighted by atomic mass is 10.2. The maximum atomic E-state index is 10.4. The van der Waals surface area contributed by atoms with Crippen molar-refractivity contribution in [2.75, 3.05) is 14.2 Å². The van der Waals surface area contributed by atoms with E-state index < -0.39 is 0 Å². The maximum absolute atomic E-state index is 10.4. The van der Waals surface area contributed by atoms with Gasteiger partial charge in [0.2, 0.25) is 0 Å². The van der Waals surface area contributed by atoms with Crippen LogP contribution < -0.4 is 9.47 Å². The van der Waals surface area contributed by atoms with E-state index in [1.54, 1.807) is 25.3 Å². The Bertz CT molecular complexity index is 354. The molecule has 0 amide bonds. The molecule has 0 heterocycles. The fraction of sp³-hybridized carbons (Fsp3) is 0.333. The summed E-state index contributed by atoms with van der Waals surface area (Å²) in [4.78, 5) is 19.8. The summed E-state index contributed by atoms with van der Waals surface area (Å²) in [6.45, 7) is 3.06. The molecule has 0 radical (unpaired) electrons. The predicted octanol–water partition coefficient (Wildman–Crippen LogP) is 2.11. The minimum Gasteiger partial charge on any atom is -0.493 e. The van der Waals surface area contributed by atoms with E-state index in [2.05, 4.69) is 0 Å². The van der Waals surface area contributed by atoms with Crippen LogP contribution in [0.5, 0.6) is 11.5 Å². The molecule has 1 rings (SSSR count). The zero-order valence-electron chi connectivity index (χ0n) is 9.94. The molecule has 0 atom stereocenters. The highest BCUT2D eigenvalue weighted by Crippen LogP contribution is 2.26. The van der Waals surface area contributed by atoms with E-state index in [1.807, 2.05) is 0 Å². The summed E-state index contributed by atoms with van der Waals surface area (Å²) in [5.41, 5.74) is 0.577. The first-order valence-electron chi connectivity index (χ1n) is 4.69. The van der Waals surface area contributed by atoms with Gasteiger partial charge in [-0.25, -0.2) is 0 Å². The van der Waals surface area contributed by atoms with Gasteiger partial charge in [0.1, 0.15) is 12.1 Å². The summed E-state index contributed by atoms with van der Waals surface area (Å²) < 4.78 is 9.99. The Kier molecular flexibility index (Phi) is 6.59. The molecule has 0 saturated carbocycles. The van der Waals surface area contributed by atoms with Crippen molar-refractivity contribution in [1.29, 1.82) is 0 Å². The van der Waals surface area contributed by atoms with Gasteiger partial charge < -0.3 is 14.3 Å². The molecule has 0 bridgehead atoms. The Hall–Kier alpha value is -1.84. The standard InChI is InChI=1S/C9H10O3.C3H6O/c1-11-8-4-3-7(6-10)5-9(8)12-2;1-3(2)4/h3-6H,1-2H3;1-2H3. The number of Topliss-reactive ketones (excluding diaryl/α,β-unsaturated/α-hetero) is 1. The fourth-order valence-corrected chi connectivity index (χ4v) is 0.926. The first-order chi connectivity index (χ1) is 7.54. The van der Waals surface area contributed by atoms with Gasteiger partial charge in [-0.3, -0.25) is 4.79 Å². The number of hydrogen-bond acceptors (Lipinski definition) is 4. The molecule has 4 heteroatoms. The molecule has 0 aliphatic carbocycles. The van der Waals surface area contributed by atoms with E-state index in [0.29, 0.717) is 17.1 Å². The van der Waals surface area contributed by atoms with Gasteiger partial charge in [0.15, 0.2) is 11.5 Å². The number of aldehydes is 1. The third kappa shape index (κ3) is 5.14. The third-order valence-electron chi connectivity index (χ3n) is 1.54. The molecule has 0 spiro atoms. The first-order valence-corrected chi connectivity index (χ1v) is 4.69. The van der Waals surface area contributed by atoms with Gasteiger partial charge >= 0.3 is 0 Å². The van der Waals surface area contributed by atoms with Crippen LogP contribution in [0.1, 0.15) is 24.2 Å². The van der Waals surface area contributed by atoms with Gasteiger partial charge in [-0.2, -0.15) is 0 Å². The van der Waals surface area contributed by atoms with E-state index in [0.717, 1.165) is 6.29 Å². The molecule has 1 aromatic rings. The van der Waals surface area contributed by atoms with Gasteiger partial charge in [-0.05, 0) is 32.0 Å². The van der Waals surface area contributed by atoms with Crippen LogP contribution in [0, 0.1) is 0 Å². The molecule has 4 nitrogen and oxygen atoms in total. The molecule has 0 fully saturated rings. The Morgan fingerprint density at radius 1 is 1.12 bits per heavy atom. The van der Waals surface area contributed by atoms with Crippen LogP contribution in [0.2, 0.25) is 0 Å². The van der Waals surface area contributed by atoms with Crippen molar-refractivity contribution in [3.05, 3.63) is 23.8 Å². The van der Waals surface area contributed by atoms with Crippen LogP contribution in [0.4, 0.5) is 0 Å². The van der Waals surface area contributed by atoms with Gasteiger partial charge in [0, 0.05) is 5.56 Å².